The number of phenolic OH excluding ortho intramolecular Hbond substituents is 2. The highest BCUT2D eigenvalue weighted by molar-refractivity contribution is 5.40. The normalized spacial score (nSPS) is 14.9. The fourth-order valence-electron chi connectivity index (χ4n) is 1.54. The molecule has 0 aromatic heterocycles. The van der Waals surface area contributed by atoms with Gasteiger partial charge in [-0.15, -0.1) is 0 Å². The number of likely N-dealkylation sites (N-methyl/N-ethyl adjacent to an activating group) is 1. The van der Waals surface area contributed by atoms with E-state index < -0.39 is 0 Å². The fourth-order valence-corrected chi connectivity index (χ4v) is 1.54. The van der Waals surface area contributed by atoms with E-state index in [1.54, 1.807) is 12.1 Å². The van der Waals surface area contributed by atoms with Crippen molar-refractivity contribution in [2.45, 2.75) is 25.9 Å². The molecule has 0 aliphatic carbocycles. The van der Waals surface area contributed by atoms with Crippen molar-refractivity contribution in [3.63, 3.8) is 0 Å². The quantitative estimate of drug-likeness (QED) is 0.731. The molecule has 1 rings (SSSR count). The van der Waals surface area contributed by atoms with E-state index in [1.165, 1.54) is 6.07 Å². The molecule has 0 spiro atoms. The first kappa shape index (κ1) is 13.8. The van der Waals surface area contributed by atoms with Gasteiger partial charge in [0.2, 0.25) is 0 Å². The van der Waals surface area contributed by atoms with E-state index in [0.717, 1.165) is 12.1 Å². The highest BCUT2D eigenvalue weighted by Crippen LogP contribution is 2.27. The topological polar surface area (TPSA) is 55.7 Å². The van der Waals surface area contributed by atoms with E-state index in [4.69, 9.17) is 0 Å². The summed E-state index contributed by atoms with van der Waals surface area (Å²) in [5.41, 5.74) is 0.800. The highest BCUT2D eigenvalue weighted by Gasteiger charge is 2.12. The second-order valence-electron chi connectivity index (χ2n) is 4.69. The second-order valence-corrected chi connectivity index (χ2v) is 4.69. The minimum Gasteiger partial charge on any atom is -0.508 e. The Hall–Kier alpha value is -1.26. The van der Waals surface area contributed by atoms with Gasteiger partial charge in [-0.1, -0.05) is 6.07 Å². The van der Waals surface area contributed by atoms with Gasteiger partial charge in [-0.05, 0) is 34.0 Å². The largest absolute Gasteiger partial charge is 0.508 e. The Morgan fingerprint density at radius 2 is 1.88 bits per heavy atom. The third-order valence-corrected chi connectivity index (χ3v) is 3.08. The molecule has 0 aliphatic rings. The first-order chi connectivity index (χ1) is 7.91. The third-order valence-electron chi connectivity index (χ3n) is 3.08. The number of phenols is 2. The van der Waals surface area contributed by atoms with Gasteiger partial charge in [-0.2, -0.15) is 0 Å². The molecule has 0 saturated heterocycles. The van der Waals surface area contributed by atoms with Crippen molar-refractivity contribution in [3.05, 3.63) is 23.8 Å². The predicted molar refractivity (Wildman–Crippen MR) is 69.3 cm³/mol. The molecule has 0 saturated carbocycles. The summed E-state index contributed by atoms with van der Waals surface area (Å²) in [6.45, 7) is 4.97. The van der Waals surface area contributed by atoms with E-state index in [2.05, 4.69) is 17.1 Å². The molecule has 0 bridgehead atoms. The number of aromatic hydroxyl groups is 2. The van der Waals surface area contributed by atoms with E-state index in [0.29, 0.717) is 6.04 Å². The highest BCUT2D eigenvalue weighted by atomic mass is 16.3. The molecule has 96 valence electrons. The van der Waals surface area contributed by atoms with Gasteiger partial charge in [0.15, 0.2) is 0 Å². The maximum absolute atomic E-state index is 9.73. The van der Waals surface area contributed by atoms with Crippen molar-refractivity contribution in [3.8, 4) is 11.5 Å². The Balaban J connectivity index is 2.61. The van der Waals surface area contributed by atoms with E-state index in [9.17, 15) is 10.2 Å². The smallest absolute Gasteiger partial charge is 0.124 e. The number of rotatable bonds is 5. The maximum atomic E-state index is 9.73. The zero-order valence-corrected chi connectivity index (χ0v) is 10.9. The Kier molecular flexibility index (Phi) is 4.78. The molecular weight excluding hydrogens is 216 g/mol. The SMILES string of the molecule is CC(NCC(C)N(C)C)c1ccc(O)cc1O. The number of nitrogens with one attached hydrogen (secondary N) is 1. The van der Waals surface area contributed by atoms with Gasteiger partial charge in [-0.3, -0.25) is 0 Å². The molecule has 2 atom stereocenters. The van der Waals surface area contributed by atoms with Crippen molar-refractivity contribution in [1.29, 1.82) is 0 Å². The zero-order valence-electron chi connectivity index (χ0n) is 10.9. The van der Waals surface area contributed by atoms with Crippen LogP contribution in [0.25, 0.3) is 0 Å². The minimum atomic E-state index is 0.0537. The van der Waals surface area contributed by atoms with Crippen LogP contribution in [0.1, 0.15) is 25.5 Å². The molecule has 3 N–H and O–H groups in total. The lowest BCUT2D eigenvalue weighted by Crippen LogP contribution is -2.36. The Morgan fingerprint density at radius 3 is 2.41 bits per heavy atom. The standard InChI is InChI=1S/C13H22N2O2/c1-9(15(3)4)8-14-10(2)12-6-5-11(16)7-13(12)17/h5-7,9-10,14,16-17H,8H2,1-4H3. The molecule has 4 nitrogen and oxygen atoms in total. The van der Waals surface area contributed by atoms with Gasteiger partial charge in [0, 0.05) is 30.3 Å². The van der Waals surface area contributed by atoms with Gasteiger partial charge in [-0.25, -0.2) is 0 Å². The monoisotopic (exact) mass is 238 g/mol. The summed E-state index contributed by atoms with van der Waals surface area (Å²) in [6, 6.07) is 5.17. The number of benzene rings is 1. The first-order valence-corrected chi connectivity index (χ1v) is 5.83. The first-order valence-electron chi connectivity index (χ1n) is 5.83. The van der Waals surface area contributed by atoms with Crippen LogP contribution in [0.5, 0.6) is 11.5 Å². The Bertz CT molecular complexity index is 366. The maximum Gasteiger partial charge on any atom is 0.124 e. The van der Waals surface area contributed by atoms with Gasteiger partial charge >= 0.3 is 0 Å². The molecule has 4 heteroatoms. The van der Waals surface area contributed by atoms with Crippen molar-refractivity contribution < 1.29 is 10.2 Å². The number of hydrogen-bond donors (Lipinski definition) is 3. The third kappa shape index (κ3) is 3.91. The second kappa shape index (κ2) is 5.89. The van der Waals surface area contributed by atoms with Gasteiger partial charge in [0.05, 0.1) is 0 Å². The van der Waals surface area contributed by atoms with E-state index in [1.807, 2.05) is 21.0 Å². The summed E-state index contributed by atoms with van der Waals surface area (Å²) in [7, 11) is 4.07. The van der Waals surface area contributed by atoms with E-state index >= 15 is 0 Å². The molecule has 2 unspecified atom stereocenters. The lowest BCUT2D eigenvalue weighted by atomic mass is 10.1. The molecule has 0 radical (unpaired) electrons. The van der Waals surface area contributed by atoms with Crippen LogP contribution < -0.4 is 5.32 Å². The van der Waals surface area contributed by atoms with Crippen LogP contribution in [0, 0.1) is 0 Å². The average molecular weight is 238 g/mol. The molecule has 0 heterocycles. The lowest BCUT2D eigenvalue weighted by molar-refractivity contribution is 0.294. The summed E-state index contributed by atoms with van der Waals surface area (Å²) >= 11 is 0. The summed E-state index contributed by atoms with van der Waals surface area (Å²) in [6.07, 6.45) is 0. The Labute approximate surface area is 103 Å². The van der Waals surface area contributed by atoms with Crippen molar-refractivity contribution >= 4 is 0 Å². The van der Waals surface area contributed by atoms with E-state index in [-0.39, 0.29) is 17.5 Å². The van der Waals surface area contributed by atoms with Crippen molar-refractivity contribution in [2.24, 2.45) is 0 Å². The van der Waals surface area contributed by atoms with Crippen LogP contribution >= 0.6 is 0 Å². The van der Waals surface area contributed by atoms with Crippen LogP contribution in [-0.2, 0) is 0 Å². The van der Waals surface area contributed by atoms with Gasteiger partial charge in [0.25, 0.3) is 0 Å². The molecular formula is C13H22N2O2. The van der Waals surface area contributed by atoms with Gasteiger partial charge < -0.3 is 20.4 Å². The predicted octanol–water partition coefficient (Wildman–Crippen LogP) is 1.70. The van der Waals surface area contributed by atoms with Crippen LogP contribution in [0.4, 0.5) is 0 Å². The summed E-state index contributed by atoms with van der Waals surface area (Å²) in [4.78, 5) is 2.14. The number of hydrogen-bond acceptors (Lipinski definition) is 4. The summed E-state index contributed by atoms with van der Waals surface area (Å²) < 4.78 is 0. The van der Waals surface area contributed by atoms with Crippen molar-refractivity contribution in [2.75, 3.05) is 20.6 Å². The van der Waals surface area contributed by atoms with Crippen LogP contribution in [0.2, 0.25) is 0 Å². The Morgan fingerprint density at radius 1 is 1.24 bits per heavy atom. The van der Waals surface area contributed by atoms with Gasteiger partial charge in [0.1, 0.15) is 11.5 Å². The summed E-state index contributed by atoms with van der Waals surface area (Å²) in [5.74, 6) is 0.211. The number of nitrogens with zero attached hydrogens (tertiary/aromatic N) is 1. The minimum absolute atomic E-state index is 0.0537. The lowest BCUT2D eigenvalue weighted by Gasteiger charge is -2.23. The molecule has 0 amide bonds. The molecule has 17 heavy (non-hydrogen) atoms. The van der Waals surface area contributed by atoms with Crippen molar-refractivity contribution in [1.82, 2.24) is 10.2 Å². The molecule has 0 aliphatic heterocycles. The molecule has 1 aromatic carbocycles. The zero-order chi connectivity index (χ0) is 13.0. The van der Waals surface area contributed by atoms with Crippen LogP contribution in [0.15, 0.2) is 18.2 Å². The molecule has 0 fully saturated rings. The summed E-state index contributed by atoms with van der Waals surface area (Å²) in [5, 5.41) is 22.3. The van der Waals surface area contributed by atoms with Crippen LogP contribution in [0.3, 0.4) is 0 Å². The van der Waals surface area contributed by atoms with Crippen LogP contribution in [-0.4, -0.2) is 41.8 Å². The average Bonchev–Trinajstić information content (AvgIpc) is 2.25. The molecule has 1 aromatic rings. The fraction of sp³-hybridized carbons (Fsp3) is 0.538.